The first kappa shape index (κ1) is 20.2. The van der Waals surface area contributed by atoms with E-state index in [2.05, 4.69) is 16.7 Å². The molecule has 152 valence electrons. The quantitative estimate of drug-likeness (QED) is 0.675. The number of rotatable bonds is 7. The summed E-state index contributed by atoms with van der Waals surface area (Å²) in [6.45, 7) is 8.76. The molecular weight excluding hydrogens is 360 g/mol. The molecule has 1 aromatic heterocycles. The van der Waals surface area contributed by atoms with Gasteiger partial charge in [-0.25, -0.2) is 4.79 Å². The molecule has 0 bridgehead atoms. The lowest BCUT2D eigenvalue weighted by molar-refractivity contribution is 0.0490. The van der Waals surface area contributed by atoms with E-state index in [4.69, 9.17) is 13.9 Å². The van der Waals surface area contributed by atoms with Gasteiger partial charge in [-0.3, -0.25) is 9.69 Å². The number of anilines is 1. The van der Waals surface area contributed by atoms with E-state index in [1.807, 2.05) is 6.07 Å². The van der Waals surface area contributed by atoms with Crippen molar-refractivity contribution in [1.29, 1.82) is 0 Å². The van der Waals surface area contributed by atoms with Gasteiger partial charge in [0.05, 0.1) is 24.8 Å². The Balaban J connectivity index is 1.98. The SMILES string of the molecule is CCCCN1CCN(c2cc(OC)cc3c(=O)cc(C(=O)OCC)oc23)CC1. The predicted octanol–water partition coefficient (Wildman–Crippen LogP) is 2.90. The first-order valence-electron chi connectivity index (χ1n) is 9.87. The van der Waals surface area contributed by atoms with Crippen LogP contribution >= 0.6 is 0 Å². The molecule has 2 heterocycles. The van der Waals surface area contributed by atoms with Crippen LogP contribution in [-0.4, -0.2) is 57.3 Å². The topological polar surface area (TPSA) is 72.2 Å². The molecule has 1 aliphatic heterocycles. The van der Waals surface area contributed by atoms with E-state index in [-0.39, 0.29) is 17.8 Å². The second-order valence-electron chi connectivity index (χ2n) is 6.90. The van der Waals surface area contributed by atoms with Crippen LogP contribution in [0.2, 0.25) is 0 Å². The van der Waals surface area contributed by atoms with Crippen molar-refractivity contribution in [1.82, 2.24) is 4.90 Å². The summed E-state index contributed by atoms with van der Waals surface area (Å²) in [6.07, 6.45) is 2.38. The van der Waals surface area contributed by atoms with Crippen LogP contribution in [0.1, 0.15) is 37.2 Å². The minimum atomic E-state index is -0.632. The molecule has 7 heteroatoms. The van der Waals surface area contributed by atoms with E-state index in [1.165, 1.54) is 18.9 Å². The van der Waals surface area contributed by atoms with Crippen molar-refractivity contribution in [3.05, 3.63) is 34.2 Å². The number of piperazine rings is 1. The number of esters is 1. The van der Waals surface area contributed by atoms with Crippen molar-refractivity contribution in [2.24, 2.45) is 0 Å². The van der Waals surface area contributed by atoms with E-state index >= 15 is 0 Å². The maximum absolute atomic E-state index is 12.6. The molecule has 1 fully saturated rings. The number of benzene rings is 1. The molecule has 0 saturated carbocycles. The molecule has 0 amide bonds. The Hall–Kier alpha value is -2.54. The van der Waals surface area contributed by atoms with Crippen molar-refractivity contribution in [2.75, 3.05) is 51.3 Å². The zero-order chi connectivity index (χ0) is 20.1. The van der Waals surface area contributed by atoms with Crippen molar-refractivity contribution in [2.45, 2.75) is 26.7 Å². The van der Waals surface area contributed by atoms with Gasteiger partial charge in [0.25, 0.3) is 0 Å². The summed E-state index contributed by atoms with van der Waals surface area (Å²) in [5.41, 5.74) is 0.886. The van der Waals surface area contributed by atoms with Crippen LogP contribution in [0.4, 0.5) is 5.69 Å². The van der Waals surface area contributed by atoms with E-state index < -0.39 is 5.97 Å². The second kappa shape index (κ2) is 9.10. The number of unbranched alkanes of at least 4 members (excludes halogenated alkanes) is 1. The highest BCUT2D eigenvalue weighted by molar-refractivity contribution is 5.94. The highest BCUT2D eigenvalue weighted by Gasteiger charge is 2.23. The van der Waals surface area contributed by atoms with Crippen LogP contribution in [-0.2, 0) is 4.74 Å². The van der Waals surface area contributed by atoms with Crippen LogP contribution in [0, 0.1) is 0 Å². The normalized spacial score (nSPS) is 15.0. The van der Waals surface area contributed by atoms with E-state index in [1.54, 1.807) is 20.1 Å². The first-order valence-corrected chi connectivity index (χ1v) is 9.87. The number of hydrogen-bond donors (Lipinski definition) is 0. The molecule has 0 N–H and O–H groups in total. The zero-order valence-electron chi connectivity index (χ0n) is 16.8. The number of carbonyl (C=O) groups excluding carboxylic acids is 1. The van der Waals surface area contributed by atoms with Gasteiger partial charge in [-0.05, 0) is 26.0 Å². The third kappa shape index (κ3) is 4.30. The van der Waals surface area contributed by atoms with Crippen LogP contribution in [0.15, 0.2) is 27.4 Å². The molecule has 1 aromatic carbocycles. The average molecular weight is 388 g/mol. The molecule has 3 rings (SSSR count). The van der Waals surface area contributed by atoms with Gasteiger partial charge in [-0.2, -0.15) is 0 Å². The lowest BCUT2D eigenvalue weighted by atomic mass is 10.1. The Morgan fingerprint density at radius 1 is 1.14 bits per heavy atom. The minimum Gasteiger partial charge on any atom is -0.497 e. The fourth-order valence-corrected chi connectivity index (χ4v) is 3.46. The summed E-state index contributed by atoms with van der Waals surface area (Å²) < 4.78 is 16.2. The zero-order valence-corrected chi connectivity index (χ0v) is 16.8. The second-order valence-corrected chi connectivity index (χ2v) is 6.90. The molecule has 1 saturated heterocycles. The summed E-state index contributed by atoms with van der Waals surface area (Å²) in [7, 11) is 1.57. The Bertz CT molecular complexity index is 884. The molecule has 28 heavy (non-hydrogen) atoms. The van der Waals surface area contributed by atoms with Crippen molar-refractivity contribution in [3.8, 4) is 5.75 Å². The van der Waals surface area contributed by atoms with Gasteiger partial charge in [-0.1, -0.05) is 13.3 Å². The standard InChI is InChI=1S/C21H28N2O5/c1-4-6-7-22-8-10-23(11-9-22)17-13-15(26-3)12-16-18(24)14-19(28-20(16)17)21(25)27-5-2/h12-14H,4-11H2,1-3H3. The third-order valence-electron chi connectivity index (χ3n) is 5.04. The summed E-state index contributed by atoms with van der Waals surface area (Å²) in [5, 5.41) is 0.399. The van der Waals surface area contributed by atoms with Gasteiger partial charge in [0.15, 0.2) is 11.0 Å². The number of methoxy groups -OCH3 is 1. The van der Waals surface area contributed by atoms with Crippen molar-refractivity contribution >= 4 is 22.6 Å². The highest BCUT2D eigenvalue weighted by Crippen LogP contribution is 2.32. The van der Waals surface area contributed by atoms with Crippen LogP contribution in [0.25, 0.3) is 11.0 Å². The van der Waals surface area contributed by atoms with Crippen LogP contribution in [0.3, 0.4) is 0 Å². The van der Waals surface area contributed by atoms with Gasteiger partial charge in [0.1, 0.15) is 5.75 Å². The monoisotopic (exact) mass is 388 g/mol. The van der Waals surface area contributed by atoms with Crippen LogP contribution < -0.4 is 15.1 Å². The number of ether oxygens (including phenoxy) is 2. The van der Waals surface area contributed by atoms with Gasteiger partial charge in [0.2, 0.25) is 5.76 Å². The maximum atomic E-state index is 12.6. The Morgan fingerprint density at radius 2 is 1.89 bits per heavy atom. The summed E-state index contributed by atoms with van der Waals surface area (Å²) in [4.78, 5) is 29.4. The lowest BCUT2D eigenvalue weighted by Gasteiger charge is -2.36. The highest BCUT2D eigenvalue weighted by atomic mass is 16.5. The molecular formula is C21H28N2O5. The largest absolute Gasteiger partial charge is 0.497 e. The third-order valence-corrected chi connectivity index (χ3v) is 5.04. The molecule has 7 nitrogen and oxygen atoms in total. The predicted molar refractivity (Wildman–Crippen MR) is 109 cm³/mol. The fourth-order valence-electron chi connectivity index (χ4n) is 3.46. The summed E-state index contributed by atoms with van der Waals surface area (Å²) in [6, 6.07) is 4.70. The molecule has 0 unspecified atom stereocenters. The fraction of sp³-hybridized carbons (Fsp3) is 0.524. The number of hydrogen-bond acceptors (Lipinski definition) is 7. The summed E-state index contributed by atoms with van der Waals surface area (Å²) in [5.74, 6) is -0.118. The van der Waals surface area contributed by atoms with Gasteiger partial charge >= 0.3 is 5.97 Å². The van der Waals surface area contributed by atoms with Crippen molar-refractivity contribution in [3.63, 3.8) is 0 Å². The Morgan fingerprint density at radius 3 is 2.54 bits per heavy atom. The minimum absolute atomic E-state index is 0.0765. The molecule has 2 aromatic rings. The smallest absolute Gasteiger partial charge is 0.374 e. The molecule has 0 radical (unpaired) electrons. The summed E-state index contributed by atoms with van der Waals surface area (Å²) >= 11 is 0. The number of nitrogens with zero attached hydrogens (tertiary/aromatic N) is 2. The Kier molecular flexibility index (Phi) is 6.57. The maximum Gasteiger partial charge on any atom is 0.374 e. The number of fused-ring (bicyclic) bond motifs is 1. The van der Waals surface area contributed by atoms with E-state index in [9.17, 15) is 9.59 Å². The molecule has 0 atom stereocenters. The molecule has 0 spiro atoms. The molecule has 1 aliphatic rings. The first-order chi connectivity index (χ1) is 13.6. The number of carbonyl (C=O) groups is 1. The van der Waals surface area contributed by atoms with Gasteiger partial charge < -0.3 is 18.8 Å². The molecule has 0 aliphatic carbocycles. The van der Waals surface area contributed by atoms with Gasteiger partial charge in [0, 0.05) is 38.3 Å². The van der Waals surface area contributed by atoms with Crippen LogP contribution in [0.5, 0.6) is 5.75 Å². The van der Waals surface area contributed by atoms with E-state index in [0.29, 0.717) is 16.7 Å². The van der Waals surface area contributed by atoms with Crippen molar-refractivity contribution < 1.29 is 18.7 Å². The van der Waals surface area contributed by atoms with Gasteiger partial charge in [-0.15, -0.1) is 0 Å². The van der Waals surface area contributed by atoms with E-state index in [0.717, 1.165) is 38.4 Å². The Labute approximate surface area is 164 Å². The lowest BCUT2D eigenvalue weighted by Crippen LogP contribution is -2.46. The average Bonchev–Trinajstić information content (AvgIpc) is 2.72.